The molecule has 10 nitrogen and oxygen atoms in total. The summed E-state index contributed by atoms with van der Waals surface area (Å²) >= 11 is 1.28. The fraction of sp³-hybridized carbons (Fsp3) is 0.250. The summed E-state index contributed by atoms with van der Waals surface area (Å²) in [5.74, 6) is 0.206. The highest BCUT2D eigenvalue weighted by atomic mass is 32.1. The van der Waals surface area contributed by atoms with Crippen LogP contribution < -0.4 is 10.5 Å². The second-order valence-corrected chi connectivity index (χ2v) is 9.17. The van der Waals surface area contributed by atoms with Gasteiger partial charge in [0.25, 0.3) is 5.91 Å². The summed E-state index contributed by atoms with van der Waals surface area (Å²) in [6.07, 6.45) is 2.05. The Hall–Kier alpha value is -3.96. The molecule has 0 saturated carbocycles. The molecule has 1 aliphatic rings. The number of fused-ring (bicyclic) bond motifs is 2. The number of nitrogens with two attached hydrogens (primary N) is 1. The molecule has 2 amide bonds. The standard InChI is InChI=1S/C24H21N3O7S/c1-12-20(23(30)34-24(25)31)15-5-4-14(9-18(15)32-12)33-17-6-7-26-16-10-19(35-21(16)17)22(29)27-8-2-3-13(27)11-28/h4-7,9-10,13,28H,2-3,8,11H2,1H3,(H2,25,31). The highest BCUT2D eigenvalue weighted by Crippen LogP contribution is 2.37. The van der Waals surface area contributed by atoms with Crippen molar-refractivity contribution in [2.24, 2.45) is 5.73 Å². The number of carbonyl (C=O) groups is 3. The van der Waals surface area contributed by atoms with E-state index in [1.54, 1.807) is 48.4 Å². The number of aromatic nitrogens is 1. The van der Waals surface area contributed by atoms with E-state index in [-0.39, 0.29) is 29.9 Å². The third-order valence-corrected chi connectivity index (χ3v) is 7.02. The number of aryl methyl sites for hydroxylation is 1. The van der Waals surface area contributed by atoms with Crippen molar-refractivity contribution in [1.82, 2.24) is 9.88 Å². The van der Waals surface area contributed by atoms with Crippen molar-refractivity contribution in [2.45, 2.75) is 25.8 Å². The maximum Gasteiger partial charge on any atom is 0.412 e. The molecule has 0 radical (unpaired) electrons. The van der Waals surface area contributed by atoms with Gasteiger partial charge in [0, 0.05) is 30.3 Å². The average Bonchev–Trinajstić information content (AvgIpc) is 3.54. The van der Waals surface area contributed by atoms with Crippen LogP contribution in [-0.2, 0) is 4.74 Å². The van der Waals surface area contributed by atoms with Crippen LogP contribution in [0.3, 0.4) is 0 Å². The molecule has 1 aliphatic heterocycles. The first-order valence-electron chi connectivity index (χ1n) is 10.9. The Morgan fingerprint density at radius 3 is 2.89 bits per heavy atom. The first kappa shape index (κ1) is 22.8. The van der Waals surface area contributed by atoms with Gasteiger partial charge in [-0.1, -0.05) is 0 Å². The smallest absolute Gasteiger partial charge is 0.412 e. The highest BCUT2D eigenvalue weighted by Gasteiger charge is 2.30. The van der Waals surface area contributed by atoms with Crippen LogP contribution in [0.5, 0.6) is 11.5 Å². The molecular weight excluding hydrogens is 474 g/mol. The molecule has 1 saturated heterocycles. The summed E-state index contributed by atoms with van der Waals surface area (Å²) in [5.41, 5.74) is 6.05. The number of thiophene rings is 1. The van der Waals surface area contributed by atoms with E-state index in [1.165, 1.54) is 11.3 Å². The average molecular weight is 496 g/mol. The molecule has 1 atom stereocenters. The lowest BCUT2D eigenvalue weighted by Gasteiger charge is -2.22. The molecular formula is C24H21N3O7S. The predicted octanol–water partition coefficient (Wildman–Crippen LogP) is 3.98. The van der Waals surface area contributed by atoms with E-state index < -0.39 is 12.1 Å². The fourth-order valence-electron chi connectivity index (χ4n) is 4.32. The van der Waals surface area contributed by atoms with Crippen LogP contribution in [-0.4, -0.2) is 52.2 Å². The van der Waals surface area contributed by atoms with Gasteiger partial charge < -0.3 is 29.6 Å². The summed E-state index contributed by atoms with van der Waals surface area (Å²) in [5, 5.41) is 10.0. The van der Waals surface area contributed by atoms with Crippen molar-refractivity contribution >= 4 is 50.5 Å². The molecule has 0 spiro atoms. The zero-order valence-corrected chi connectivity index (χ0v) is 19.5. The molecule has 1 unspecified atom stereocenters. The first-order chi connectivity index (χ1) is 16.9. The summed E-state index contributed by atoms with van der Waals surface area (Å²) in [7, 11) is 0. The van der Waals surface area contributed by atoms with Gasteiger partial charge in [-0.2, -0.15) is 0 Å². The Morgan fingerprint density at radius 2 is 2.11 bits per heavy atom. The number of nitrogens with zero attached hydrogens (tertiary/aromatic N) is 2. The van der Waals surface area contributed by atoms with Gasteiger partial charge in [0.1, 0.15) is 28.4 Å². The Labute approximate surface area is 202 Å². The molecule has 4 aromatic rings. The van der Waals surface area contributed by atoms with Gasteiger partial charge in [-0.3, -0.25) is 9.78 Å². The normalized spacial score (nSPS) is 15.6. The van der Waals surface area contributed by atoms with Gasteiger partial charge in [-0.05, 0) is 38.0 Å². The van der Waals surface area contributed by atoms with Gasteiger partial charge in [-0.15, -0.1) is 11.3 Å². The molecule has 4 heterocycles. The summed E-state index contributed by atoms with van der Waals surface area (Å²) in [6.45, 7) is 2.14. The van der Waals surface area contributed by atoms with Crippen LogP contribution in [0.15, 0.2) is 40.9 Å². The second kappa shape index (κ2) is 9.01. The van der Waals surface area contributed by atoms with E-state index >= 15 is 0 Å². The van der Waals surface area contributed by atoms with Gasteiger partial charge in [0.15, 0.2) is 0 Å². The number of ether oxygens (including phenoxy) is 2. The monoisotopic (exact) mass is 495 g/mol. The lowest BCUT2D eigenvalue weighted by atomic mass is 10.1. The van der Waals surface area contributed by atoms with Crippen molar-refractivity contribution in [3.63, 3.8) is 0 Å². The van der Waals surface area contributed by atoms with Gasteiger partial charge >= 0.3 is 12.1 Å². The number of aliphatic hydroxyl groups is 1. The maximum atomic E-state index is 13.0. The van der Waals surface area contributed by atoms with Crippen LogP contribution >= 0.6 is 11.3 Å². The number of benzene rings is 1. The maximum absolute atomic E-state index is 13.0. The van der Waals surface area contributed by atoms with Crippen molar-refractivity contribution in [1.29, 1.82) is 0 Å². The largest absolute Gasteiger partial charge is 0.460 e. The van der Waals surface area contributed by atoms with Gasteiger partial charge in [0.2, 0.25) is 0 Å². The molecule has 35 heavy (non-hydrogen) atoms. The molecule has 11 heteroatoms. The third kappa shape index (κ3) is 4.19. The molecule has 1 fully saturated rings. The number of pyridine rings is 1. The minimum absolute atomic E-state index is 0.0556. The Balaban J connectivity index is 1.44. The number of hydrogen-bond acceptors (Lipinski definition) is 9. The van der Waals surface area contributed by atoms with Gasteiger partial charge in [0.05, 0.1) is 27.7 Å². The molecule has 3 aromatic heterocycles. The van der Waals surface area contributed by atoms with E-state index in [0.29, 0.717) is 44.1 Å². The van der Waals surface area contributed by atoms with Crippen molar-refractivity contribution in [3.8, 4) is 11.5 Å². The minimum Gasteiger partial charge on any atom is -0.460 e. The van der Waals surface area contributed by atoms with Gasteiger partial charge in [-0.25, -0.2) is 9.59 Å². The lowest BCUT2D eigenvalue weighted by molar-refractivity contribution is 0.0636. The molecule has 3 N–H and O–H groups in total. The predicted molar refractivity (Wildman–Crippen MR) is 127 cm³/mol. The Morgan fingerprint density at radius 1 is 1.29 bits per heavy atom. The van der Waals surface area contributed by atoms with Crippen molar-refractivity contribution < 1.29 is 33.4 Å². The highest BCUT2D eigenvalue weighted by molar-refractivity contribution is 7.21. The summed E-state index contributed by atoms with van der Waals surface area (Å²) in [6, 6.07) is 8.17. The van der Waals surface area contributed by atoms with E-state index in [9.17, 15) is 19.5 Å². The Kier molecular flexibility index (Phi) is 5.87. The molecule has 1 aromatic carbocycles. The second-order valence-electron chi connectivity index (χ2n) is 8.11. The van der Waals surface area contributed by atoms with E-state index in [0.717, 1.165) is 12.8 Å². The molecule has 5 rings (SSSR count). The lowest BCUT2D eigenvalue weighted by Crippen LogP contribution is -2.37. The Bertz CT molecular complexity index is 1470. The zero-order valence-electron chi connectivity index (χ0n) is 18.6. The van der Waals surface area contributed by atoms with E-state index in [1.807, 2.05) is 0 Å². The van der Waals surface area contributed by atoms with Crippen LogP contribution in [0, 0.1) is 6.92 Å². The number of amides is 2. The van der Waals surface area contributed by atoms with Crippen LogP contribution in [0.1, 0.15) is 38.6 Å². The fourth-order valence-corrected chi connectivity index (χ4v) is 5.34. The molecule has 0 bridgehead atoms. The number of carbonyl (C=O) groups excluding carboxylic acids is 3. The number of likely N-dealkylation sites (tertiary alicyclic amines) is 1. The van der Waals surface area contributed by atoms with Crippen molar-refractivity contribution in [2.75, 3.05) is 13.2 Å². The topological polar surface area (TPSA) is 145 Å². The number of esters is 1. The van der Waals surface area contributed by atoms with E-state index in [4.69, 9.17) is 14.9 Å². The number of furan rings is 1. The number of primary amides is 1. The SMILES string of the molecule is Cc1oc2cc(Oc3ccnc4cc(C(=O)N5CCCC5CO)sc34)ccc2c1C(=O)OC(N)=O. The van der Waals surface area contributed by atoms with Crippen LogP contribution in [0.25, 0.3) is 21.2 Å². The van der Waals surface area contributed by atoms with Crippen molar-refractivity contribution in [3.05, 3.63) is 52.7 Å². The summed E-state index contributed by atoms with van der Waals surface area (Å²) in [4.78, 5) is 42.8. The first-order valence-corrected chi connectivity index (χ1v) is 11.7. The number of hydrogen-bond donors (Lipinski definition) is 2. The van der Waals surface area contributed by atoms with Crippen LogP contribution in [0.2, 0.25) is 0 Å². The van der Waals surface area contributed by atoms with Crippen LogP contribution in [0.4, 0.5) is 4.79 Å². The molecule has 0 aliphatic carbocycles. The number of aliphatic hydroxyl groups excluding tert-OH is 1. The summed E-state index contributed by atoms with van der Waals surface area (Å²) < 4.78 is 17.0. The number of rotatable bonds is 5. The minimum atomic E-state index is -1.20. The third-order valence-electron chi connectivity index (χ3n) is 5.90. The zero-order chi connectivity index (χ0) is 24.7. The quantitative estimate of drug-likeness (QED) is 0.312. The molecule has 180 valence electrons. The van der Waals surface area contributed by atoms with E-state index in [2.05, 4.69) is 9.72 Å².